The van der Waals surface area contributed by atoms with Crippen molar-refractivity contribution in [3.8, 4) is 0 Å². The lowest BCUT2D eigenvalue weighted by Gasteiger charge is -2.04. The van der Waals surface area contributed by atoms with Gasteiger partial charge in [0, 0.05) is 29.6 Å². The molecule has 0 fully saturated rings. The van der Waals surface area contributed by atoms with Crippen LogP contribution in [0.2, 0.25) is 0 Å². The smallest absolute Gasteiger partial charge is 0.303 e. The first-order chi connectivity index (χ1) is 8.68. The Morgan fingerprint density at radius 3 is 2.61 bits per heavy atom. The number of hydrogen-bond donors (Lipinski definition) is 0. The van der Waals surface area contributed by atoms with Gasteiger partial charge in [-0.25, -0.2) is 0 Å². The predicted molar refractivity (Wildman–Crippen MR) is 73.3 cm³/mol. The molecule has 0 aliphatic carbocycles. The van der Waals surface area contributed by atoms with E-state index in [1.165, 1.54) is 11.3 Å². The van der Waals surface area contributed by atoms with Gasteiger partial charge in [0.2, 0.25) is 0 Å². The molecule has 94 valence electrons. The summed E-state index contributed by atoms with van der Waals surface area (Å²) in [6.07, 6.45) is 1.18. The van der Waals surface area contributed by atoms with E-state index in [1.54, 1.807) is 4.57 Å². The van der Waals surface area contributed by atoms with Gasteiger partial charge < -0.3 is 4.57 Å². The number of nitrogens with zero attached hydrogens (tertiary/aromatic N) is 1. The molecule has 3 nitrogen and oxygen atoms in total. The third kappa shape index (κ3) is 2.96. The molecule has 0 saturated heterocycles. The maximum absolute atomic E-state index is 11.9. The SMILES string of the molecule is Cc1csc(=O)n1CCCC(=O)c1ccccc1. The lowest BCUT2D eigenvalue weighted by atomic mass is 10.1. The average molecular weight is 261 g/mol. The molecule has 0 aliphatic heterocycles. The molecule has 0 bridgehead atoms. The molecule has 4 heteroatoms. The fourth-order valence-electron chi connectivity index (χ4n) is 1.84. The lowest BCUT2D eigenvalue weighted by Crippen LogP contribution is -2.15. The Balaban J connectivity index is 1.90. The molecule has 0 amide bonds. The second-order valence-electron chi connectivity index (χ2n) is 4.19. The van der Waals surface area contributed by atoms with Crippen LogP contribution in [0.25, 0.3) is 0 Å². The number of aryl methyl sites for hydroxylation is 1. The van der Waals surface area contributed by atoms with Crippen molar-refractivity contribution in [2.75, 3.05) is 0 Å². The van der Waals surface area contributed by atoms with Gasteiger partial charge in [-0.15, -0.1) is 0 Å². The van der Waals surface area contributed by atoms with Crippen LogP contribution in [-0.4, -0.2) is 10.4 Å². The van der Waals surface area contributed by atoms with Crippen molar-refractivity contribution in [3.05, 3.63) is 56.6 Å². The zero-order valence-corrected chi connectivity index (χ0v) is 11.1. The first-order valence-corrected chi connectivity index (χ1v) is 6.79. The van der Waals surface area contributed by atoms with Crippen LogP contribution in [0.15, 0.2) is 40.5 Å². The fourth-order valence-corrected chi connectivity index (χ4v) is 2.60. The second-order valence-corrected chi connectivity index (χ2v) is 5.01. The van der Waals surface area contributed by atoms with Crippen molar-refractivity contribution in [2.45, 2.75) is 26.3 Å². The number of aromatic nitrogens is 1. The molecule has 1 heterocycles. The Morgan fingerprint density at radius 2 is 2.00 bits per heavy atom. The molecule has 0 saturated carbocycles. The maximum atomic E-state index is 11.9. The molecule has 2 rings (SSSR count). The number of benzene rings is 1. The van der Waals surface area contributed by atoms with E-state index in [-0.39, 0.29) is 10.7 Å². The quantitative estimate of drug-likeness (QED) is 0.776. The molecule has 0 N–H and O–H groups in total. The van der Waals surface area contributed by atoms with Gasteiger partial charge in [0.05, 0.1) is 0 Å². The minimum absolute atomic E-state index is 0.0552. The molecular formula is C14H15NO2S. The van der Waals surface area contributed by atoms with Gasteiger partial charge in [-0.3, -0.25) is 9.59 Å². The Labute approximate surface area is 110 Å². The van der Waals surface area contributed by atoms with Gasteiger partial charge in [0.25, 0.3) is 0 Å². The van der Waals surface area contributed by atoms with Gasteiger partial charge in [-0.05, 0) is 13.3 Å². The third-order valence-electron chi connectivity index (χ3n) is 2.86. The van der Waals surface area contributed by atoms with E-state index in [9.17, 15) is 9.59 Å². The predicted octanol–water partition coefficient (Wildman–Crippen LogP) is 2.88. The number of rotatable bonds is 5. The Kier molecular flexibility index (Phi) is 4.10. The molecule has 0 unspecified atom stereocenters. The average Bonchev–Trinajstić information content (AvgIpc) is 2.71. The fraction of sp³-hybridized carbons (Fsp3) is 0.286. The van der Waals surface area contributed by atoms with Crippen molar-refractivity contribution in [1.82, 2.24) is 4.57 Å². The van der Waals surface area contributed by atoms with E-state index in [2.05, 4.69) is 0 Å². The van der Waals surface area contributed by atoms with Gasteiger partial charge in [-0.1, -0.05) is 41.7 Å². The number of thiazole rings is 1. The normalized spacial score (nSPS) is 10.5. The largest absolute Gasteiger partial charge is 0.307 e. The Hall–Kier alpha value is -1.68. The van der Waals surface area contributed by atoms with E-state index in [0.29, 0.717) is 19.4 Å². The van der Waals surface area contributed by atoms with Crippen LogP contribution >= 0.6 is 11.3 Å². The number of Topliss-reactive ketones (excluding diaryl/α,β-unsaturated/α-hetero) is 1. The summed E-state index contributed by atoms with van der Waals surface area (Å²) < 4.78 is 1.73. The highest BCUT2D eigenvalue weighted by Crippen LogP contribution is 2.07. The highest BCUT2D eigenvalue weighted by Gasteiger charge is 2.06. The molecular weight excluding hydrogens is 246 g/mol. The Morgan fingerprint density at radius 1 is 1.28 bits per heavy atom. The number of ketones is 1. The van der Waals surface area contributed by atoms with E-state index in [1.807, 2.05) is 42.6 Å². The van der Waals surface area contributed by atoms with Crippen molar-refractivity contribution in [2.24, 2.45) is 0 Å². The first-order valence-electron chi connectivity index (χ1n) is 5.91. The number of carbonyl (C=O) groups excluding carboxylic acids is 1. The van der Waals surface area contributed by atoms with Crippen molar-refractivity contribution < 1.29 is 4.79 Å². The third-order valence-corrected chi connectivity index (χ3v) is 3.74. The molecule has 18 heavy (non-hydrogen) atoms. The highest BCUT2D eigenvalue weighted by atomic mass is 32.1. The summed E-state index contributed by atoms with van der Waals surface area (Å²) in [5.74, 6) is 0.136. The van der Waals surface area contributed by atoms with E-state index >= 15 is 0 Å². The van der Waals surface area contributed by atoms with Crippen LogP contribution in [0.1, 0.15) is 28.9 Å². The monoisotopic (exact) mass is 261 g/mol. The van der Waals surface area contributed by atoms with Crippen molar-refractivity contribution in [1.29, 1.82) is 0 Å². The zero-order valence-electron chi connectivity index (χ0n) is 10.3. The molecule has 1 aromatic heterocycles. The Bertz CT molecular complexity index is 583. The minimum atomic E-state index is 0.0552. The van der Waals surface area contributed by atoms with E-state index in [0.717, 1.165) is 11.3 Å². The van der Waals surface area contributed by atoms with E-state index in [4.69, 9.17) is 0 Å². The molecule has 0 aliphatic rings. The highest BCUT2D eigenvalue weighted by molar-refractivity contribution is 7.07. The lowest BCUT2D eigenvalue weighted by molar-refractivity contribution is 0.0978. The molecule has 0 atom stereocenters. The van der Waals surface area contributed by atoms with Crippen LogP contribution in [0, 0.1) is 6.92 Å². The van der Waals surface area contributed by atoms with Crippen LogP contribution in [-0.2, 0) is 6.54 Å². The summed E-state index contributed by atoms with van der Waals surface area (Å²) in [5, 5.41) is 1.85. The topological polar surface area (TPSA) is 39.1 Å². The van der Waals surface area contributed by atoms with Crippen LogP contribution in [0.3, 0.4) is 0 Å². The van der Waals surface area contributed by atoms with Crippen LogP contribution in [0.5, 0.6) is 0 Å². The summed E-state index contributed by atoms with van der Waals surface area (Å²) in [4.78, 5) is 23.4. The minimum Gasteiger partial charge on any atom is -0.303 e. The van der Waals surface area contributed by atoms with Gasteiger partial charge >= 0.3 is 4.87 Å². The molecule has 1 aromatic carbocycles. The van der Waals surface area contributed by atoms with Gasteiger partial charge in [0.1, 0.15) is 0 Å². The summed E-state index contributed by atoms with van der Waals surface area (Å²) in [7, 11) is 0. The summed E-state index contributed by atoms with van der Waals surface area (Å²) in [5.41, 5.74) is 1.71. The standard InChI is InChI=1S/C14H15NO2S/c1-11-10-18-14(17)15(11)9-5-8-13(16)12-6-3-2-4-7-12/h2-4,6-7,10H,5,8-9H2,1H3. The van der Waals surface area contributed by atoms with Crippen molar-refractivity contribution >= 4 is 17.1 Å². The molecule has 0 spiro atoms. The van der Waals surface area contributed by atoms with Gasteiger partial charge in [-0.2, -0.15) is 0 Å². The van der Waals surface area contributed by atoms with Gasteiger partial charge in [0.15, 0.2) is 5.78 Å². The van der Waals surface area contributed by atoms with Crippen LogP contribution < -0.4 is 4.87 Å². The molecule has 2 aromatic rings. The zero-order chi connectivity index (χ0) is 13.0. The maximum Gasteiger partial charge on any atom is 0.307 e. The first kappa shape index (κ1) is 12.8. The summed E-state index contributed by atoms with van der Waals surface area (Å²) in [6.45, 7) is 2.53. The van der Waals surface area contributed by atoms with Crippen LogP contribution in [0.4, 0.5) is 0 Å². The van der Waals surface area contributed by atoms with Crippen molar-refractivity contribution in [3.63, 3.8) is 0 Å². The molecule has 0 radical (unpaired) electrons. The summed E-state index contributed by atoms with van der Waals surface area (Å²) in [6, 6.07) is 9.27. The summed E-state index contributed by atoms with van der Waals surface area (Å²) >= 11 is 1.21. The number of carbonyl (C=O) groups is 1. The second kappa shape index (κ2) is 5.78. The van der Waals surface area contributed by atoms with E-state index < -0.39 is 0 Å². The number of hydrogen-bond acceptors (Lipinski definition) is 3.